The van der Waals surface area contributed by atoms with Gasteiger partial charge in [0.25, 0.3) is 0 Å². The number of anilines is 2. The van der Waals surface area contributed by atoms with Crippen molar-refractivity contribution in [3.8, 4) is 10.6 Å². The molecule has 0 saturated heterocycles. The molecule has 0 aliphatic rings. The second-order valence-electron chi connectivity index (χ2n) is 8.17. The molecule has 0 bridgehead atoms. The second-order valence-corrected chi connectivity index (χ2v) is 9.58. The zero-order chi connectivity index (χ0) is 28.3. The van der Waals surface area contributed by atoms with Crippen LogP contribution in [0.1, 0.15) is 31.4 Å². The van der Waals surface area contributed by atoms with Crippen molar-refractivity contribution in [2.24, 2.45) is 5.92 Å². The van der Waals surface area contributed by atoms with Crippen LogP contribution in [0.4, 0.5) is 42.0 Å². The second kappa shape index (κ2) is 11.6. The van der Waals surface area contributed by atoms with Crippen molar-refractivity contribution in [3.05, 3.63) is 58.6 Å². The van der Waals surface area contributed by atoms with Crippen LogP contribution in [0.15, 0.2) is 42.5 Å². The first-order chi connectivity index (χ1) is 17.7. The van der Waals surface area contributed by atoms with E-state index in [1.54, 1.807) is 38.1 Å². The molecular formula is C23H20ClF6N5O2S. The summed E-state index contributed by atoms with van der Waals surface area (Å²) < 4.78 is 78.7. The lowest BCUT2D eigenvalue weighted by Crippen LogP contribution is -2.49. The van der Waals surface area contributed by atoms with Crippen LogP contribution in [-0.2, 0) is 17.1 Å². The van der Waals surface area contributed by atoms with Gasteiger partial charge in [-0.1, -0.05) is 55.3 Å². The van der Waals surface area contributed by atoms with Crippen molar-refractivity contribution in [1.82, 2.24) is 15.5 Å². The van der Waals surface area contributed by atoms with Gasteiger partial charge in [-0.3, -0.25) is 10.1 Å². The van der Waals surface area contributed by atoms with Gasteiger partial charge in [0, 0.05) is 16.3 Å². The number of amides is 3. The lowest BCUT2D eigenvalue weighted by molar-refractivity contribution is -0.143. The van der Waals surface area contributed by atoms with E-state index in [4.69, 9.17) is 11.6 Å². The normalized spacial score (nSPS) is 13.5. The van der Waals surface area contributed by atoms with Crippen molar-refractivity contribution in [3.63, 3.8) is 0 Å². The molecule has 2 aromatic carbocycles. The van der Waals surface area contributed by atoms with Crippen molar-refractivity contribution in [2.45, 2.75) is 38.7 Å². The van der Waals surface area contributed by atoms with Gasteiger partial charge in [0.2, 0.25) is 11.0 Å². The van der Waals surface area contributed by atoms with Gasteiger partial charge >= 0.3 is 18.4 Å². The Bertz CT molecular complexity index is 1280. The molecule has 15 heteroatoms. The zero-order valence-corrected chi connectivity index (χ0v) is 21.2. The molecule has 2 unspecified atom stereocenters. The monoisotopic (exact) mass is 579 g/mol. The Morgan fingerprint density at radius 1 is 0.974 bits per heavy atom. The Hall–Kier alpha value is -3.39. The van der Waals surface area contributed by atoms with Gasteiger partial charge in [-0.25, -0.2) is 4.79 Å². The van der Waals surface area contributed by atoms with Crippen molar-refractivity contribution in [1.29, 1.82) is 0 Å². The molecule has 1 aromatic heterocycles. The number of nitrogens with one attached hydrogen (secondary N) is 3. The van der Waals surface area contributed by atoms with E-state index in [1.165, 1.54) is 0 Å². The van der Waals surface area contributed by atoms with E-state index in [0.29, 0.717) is 34.1 Å². The fraction of sp³-hybridized carbons (Fsp3) is 0.304. The standard InChI is InChI=1S/C23H20ClF6N5O2S/c1-3-11(2)17(18(36)33-21-35-34-19(38-21)12-5-4-6-15(24)7-12)32-20(37)31-16-9-13(22(25,26)27)8-14(10-16)23(28,29)30/h4-11,17H,3H2,1-2H3,(H2,31,32,37)(H,33,35,36). The summed E-state index contributed by atoms with van der Waals surface area (Å²) in [6.07, 6.45) is -9.76. The highest BCUT2D eigenvalue weighted by Crippen LogP contribution is 2.37. The molecular weight excluding hydrogens is 560 g/mol. The molecule has 3 aromatic rings. The maximum absolute atomic E-state index is 13.1. The summed E-state index contributed by atoms with van der Waals surface area (Å²) in [5.74, 6) is -1.17. The van der Waals surface area contributed by atoms with E-state index >= 15 is 0 Å². The molecule has 204 valence electrons. The molecule has 0 fully saturated rings. The summed E-state index contributed by atoms with van der Waals surface area (Å²) in [6, 6.07) is 5.08. The van der Waals surface area contributed by atoms with Crippen LogP contribution >= 0.6 is 22.9 Å². The van der Waals surface area contributed by atoms with Gasteiger partial charge in [0.05, 0.1) is 11.1 Å². The number of urea groups is 1. The molecule has 3 N–H and O–H groups in total. The molecule has 7 nitrogen and oxygen atoms in total. The zero-order valence-electron chi connectivity index (χ0n) is 19.7. The van der Waals surface area contributed by atoms with E-state index in [0.717, 1.165) is 11.3 Å². The molecule has 38 heavy (non-hydrogen) atoms. The summed E-state index contributed by atoms with van der Waals surface area (Å²) in [7, 11) is 0. The van der Waals surface area contributed by atoms with Crippen LogP contribution in [0.3, 0.4) is 0 Å². The molecule has 0 saturated carbocycles. The molecule has 2 atom stereocenters. The number of halogens is 7. The minimum Gasteiger partial charge on any atom is -0.326 e. The highest BCUT2D eigenvalue weighted by molar-refractivity contribution is 7.18. The quantitative estimate of drug-likeness (QED) is 0.261. The number of nitrogens with zero attached hydrogens (tertiary/aromatic N) is 2. The molecule has 0 spiro atoms. The van der Waals surface area contributed by atoms with Gasteiger partial charge in [-0.15, -0.1) is 10.2 Å². The van der Waals surface area contributed by atoms with Crippen LogP contribution < -0.4 is 16.0 Å². The lowest BCUT2D eigenvalue weighted by Gasteiger charge is -2.23. The van der Waals surface area contributed by atoms with Crippen LogP contribution in [0.5, 0.6) is 0 Å². The van der Waals surface area contributed by atoms with Gasteiger partial charge in [-0.05, 0) is 36.2 Å². The van der Waals surface area contributed by atoms with Gasteiger partial charge in [0.1, 0.15) is 11.0 Å². The Morgan fingerprint density at radius 3 is 2.16 bits per heavy atom. The highest BCUT2D eigenvalue weighted by atomic mass is 35.5. The first-order valence-electron chi connectivity index (χ1n) is 10.9. The lowest BCUT2D eigenvalue weighted by atomic mass is 9.98. The Kier molecular flexibility index (Phi) is 8.87. The first-order valence-corrected chi connectivity index (χ1v) is 12.1. The van der Waals surface area contributed by atoms with Crippen LogP contribution in [0, 0.1) is 5.92 Å². The third-order valence-corrected chi connectivity index (χ3v) is 6.48. The van der Waals surface area contributed by atoms with Crippen molar-refractivity contribution >= 4 is 45.7 Å². The SMILES string of the molecule is CCC(C)C(NC(=O)Nc1cc(C(F)(F)F)cc(C(F)(F)F)c1)C(=O)Nc1nnc(-c2cccc(Cl)c2)s1. The highest BCUT2D eigenvalue weighted by Gasteiger charge is 2.37. The predicted octanol–water partition coefficient (Wildman–Crippen LogP) is 7.07. The van der Waals surface area contributed by atoms with Crippen molar-refractivity contribution < 1.29 is 35.9 Å². The Labute approximate surface area is 221 Å². The third-order valence-electron chi connectivity index (χ3n) is 5.35. The van der Waals surface area contributed by atoms with Gasteiger partial charge in [0.15, 0.2) is 0 Å². The minimum atomic E-state index is -5.08. The fourth-order valence-corrected chi connectivity index (χ4v) is 4.17. The van der Waals surface area contributed by atoms with Gasteiger partial charge in [-0.2, -0.15) is 26.3 Å². The number of alkyl halides is 6. The maximum atomic E-state index is 13.1. The van der Waals surface area contributed by atoms with Crippen LogP contribution in [0.2, 0.25) is 5.02 Å². The third kappa shape index (κ3) is 7.57. The number of benzene rings is 2. The predicted molar refractivity (Wildman–Crippen MR) is 131 cm³/mol. The van der Waals surface area contributed by atoms with Crippen LogP contribution in [-0.4, -0.2) is 28.2 Å². The molecule has 1 heterocycles. The number of aromatic nitrogens is 2. The number of hydrogen-bond acceptors (Lipinski definition) is 5. The Balaban J connectivity index is 1.76. The molecule has 0 radical (unpaired) electrons. The smallest absolute Gasteiger partial charge is 0.326 e. The maximum Gasteiger partial charge on any atom is 0.416 e. The van der Waals surface area contributed by atoms with Crippen LogP contribution in [0.25, 0.3) is 10.6 Å². The summed E-state index contributed by atoms with van der Waals surface area (Å²) in [4.78, 5) is 25.5. The molecule has 3 rings (SSSR count). The molecule has 0 aliphatic heterocycles. The average molecular weight is 580 g/mol. The summed E-state index contributed by atoms with van der Waals surface area (Å²) in [6.45, 7) is 3.36. The first kappa shape index (κ1) is 29.2. The average Bonchev–Trinajstić information content (AvgIpc) is 3.29. The molecule has 3 amide bonds. The molecule has 0 aliphatic carbocycles. The fourth-order valence-electron chi connectivity index (χ4n) is 3.23. The summed E-state index contributed by atoms with van der Waals surface area (Å²) in [5, 5.41) is 15.7. The largest absolute Gasteiger partial charge is 0.416 e. The summed E-state index contributed by atoms with van der Waals surface area (Å²) >= 11 is 7.01. The topological polar surface area (TPSA) is 96.0 Å². The van der Waals surface area contributed by atoms with Gasteiger partial charge < -0.3 is 10.6 Å². The number of hydrogen-bond donors (Lipinski definition) is 3. The summed E-state index contributed by atoms with van der Waals surface area (Å²) in [5.41, 5.74) is -3.27. The van der Waals surface area contributed by atoms with E-state index in [1.807, 2.05) is 5.32 Å². The number of rotatable bonds is 7. The van der Waals surface area contributed by atoms with Crippen molar-refractivity contribution in [2.75, 3.05) is 10.6 Å². The van der Waals surface area contributed by atoms with E-state index in [9.17, 15) is 35.9 Å². The number of carbonyl (C=O) groups is 2. The van der Waals surface area contributed by atoms with E-state index in [-0.39, 0.29) is 11.2 Å². The number of carbonyl (C=O) groups excluding carboxylic acids is 2. The minimum absolute atomic E-state index is 0.0573. The van der Waals surface area contributed by atoms with E-state index in [2.05, 4.69) is 20.8 Å². The Morgan fingerprint density at radius 2 is 1.61 bits per heavy atom. The van der Waals surface area contributed by atoms with E-state index < -0.39 is 53.1 Å².